The molecule has 4 rings (SSSR count). The largest absolute Gasteiger partial charge is 0.481 e. The molecule has 0 heterocycles. The highest BCUT2D eigenvalue weighted by Crippen LogP contribution is 2.25. The molecule has 0 aromatic heterocycles. The molecule has 1 N–H and O–H groups in total. The van der Waals surface area contributed by atoms with E-state index < -0.39 is 24.4 Å². The number of para-hydroxylation sites is 1. The standard InChI is InChI=1S/C30H31Cl2FN2O3/c31-24-16-15-22(17-25(24)32)19-35(29(36)20-38-28-14-8-7-13-26(28)33)27(18-21-9-3-1-4-10-21)30(37)34-23-11-5-2-6-12-23/h1,3-4,7-10,13-17,23,27H,2,5-6,11-12,18-20H2,(H,34,37)/t27-/m0/s1. The van der Waals surface area contributed by atoms with Gasteiger partial charge in [-0.15, -0.1) is 0 Å². The van der Waals surface area contributed by atoms with Gasteiger partial charge < -0.3 is 15.0 Å². The number of amides is 2. The van der Waals surface area contributed by atoms with Crippen LogP contribution < -0.4 is 10.1 Å². The molecule has 8 heteroatoms. The third kappa shape index (κ3) is 7.71. The van der Waals surface area contributed by atoms with E-state index in [2.05, 4.69) is 5.32 Å². The minimum atomic E-state index is -0.814. The number of ether oxygens (including phenoxy) is 1. The number of rotatable bonds is 10. The van der Waals surface area contributed by atoms with Crippen molar-refractivity contribution in [2.24, 2.45) is 0 Å². The predicted molar refractivity (Wildman–Crippen MR) is 148 cm³/mol. The van der Waals surface area contributed by atoms with Crippen molar-refractivity contribution in [1.29, 1.82) is 0 Å². The molecule has 5 nitrogen and oxygen atoms in total. The molecule has 0 saturated heterocycles. The molecule has 1 aliphatic rings. The number of halogens is 3. The Bertz CT molecular complexity index is 1240. The van der Waals surface area contributed by atoms with Crippen molar-refractivity contribution in [3.05, 3.63) is 99.8 Å². The summed E-state index contributed by atoms with van der Waals surface area (Å²) in [5.74, 6) is -1.26. The predicted octanol–water partition coefficient (Wildman–Crippen LogP) is 6.60. The summed E-state index contributed by atoms with van der Waals surface area (Å²) in [4.78, 5) is 28.9. The molecule has 0 aliphatic heterocycles. The lowest BCUT2D eigenvalue weighted by Gasteiger charge is -2.33. The van der Waals surface area contributed by atoms with E-state index in [0.717, 1.165) is 37.7 Å². The third-order valence-electron chi connectivity index (χ3n) is 6.75. The molecular weight excluding hydrogens is 526 g/mol. The van der Waals surface area contributed by atoms with Gasteiger partial charge in [-0.05, 0) is 48.2 Å². The number of hydrogen-bond donors (Lipinski definition) is 1. The van der Waals surface area contributed by atoms with Gasteiger partial charge in [0.25, 0.3) is 5.91 Å². The lowest BCUT2D eigenvalue weighted by atomic mass is 9.94. The van der Waals surface area contributed by atoms with Gasteiger partial charge in [0.15, 0.2) is 18.2 Å². The van der Waals surface area contributed by atoms with Gasteiger partial charge in [-0.2, -0.15) is 0 Å². The fraction of sp³-hybridized carbons (Fsp3) is 0.333. The lowest BCUT2D eigenvalue weighted by molar-refractivity contribution is -0.143. The smallest absolute Gasteiger partial charge is 0.261 e. The van der Waals surface area contributed by atoms with E-state index in [9.17, 15) is 14.0 Å². The van der Waals surface area contributed by atoms with Crippen LogP contribution in [0.2, 0.25) is 10.0 Å². The Morgan fingerprint density at radius 2 is 1.63 bits per heavy atom. The summed E-state index contributed by atoms with van der Waals surface area (Å²) < 4.78 is 19.7. The normalized spacial score (nSPS) is 14.5. The highest BCUT2D eigenvalue weighted by atomic mass is 35.5. The van der Waals surface area contributed by atoms with Crippen LogP contribution in [0.1, 0.15) is 43.2 Å². The summed E-state index contributed by atoms with van der Waals surface area (Å²) in [6, 6.07) is 19.8. The maximum absolute atomic E-state index is 14.2. The first kappa shape index (κ1) is 27.9. The second-order valence-electron chi connectivity index (χ2n) is 9.54. The molecule has 200 valence electrons. The maximum atomic E-state index is 14.2. The van der Waals surface area contributed by atoms with Crippen LogP contribution in [0.3, 0.4) is 0 Å². The molecule has 3 aromatic carbocycles. The summed E-state index contributed by atoms with van der Waals surface area (Å²) in [5, 5.41) is 3.93. The number of carbonyl (C=O) groups is 2. The zero-order chi connectivity index (χ0) is 26.9. The highest BCUT2D eigenvalue weighted by molar-refractivity contribution is 6.42. The van der Waals surface area contributed by atoms with Gasteiger partial charge in [0.2, 0.25) is 5.91 Å². The zero-order valence-electron chi connectivity index (χ0n) is 21.0. The Morgan fingerprint density at radius 1 is 0.921 bits per heavy atom. The third-order valence-corrected chi connectivity index (χ3v) is 7.49. The Hall–Kier alpha value is -3.09. The first-order valence-electron chi connectivity index (χ1n) is 12.9. The van der Waals surface area contributed by atoms with Crippen molar-refractivity contribution in [3.8, 4) is 5.75 Å². The Balaban J connectivity index is 1.63. The minimum Gasteiger partial charge on any atom is -0.481 e. The topological polar surface area (TPSA) is 58.6 Å². The molecule has 38 heavy (non-hydrogen) atoms. The molecule has 0 unspecified atom stereocenters. The SMILES string of the molecule is O=C(NC1CCCCC1)[C@H](Cc1ccccc1)N(Cc1ccc(Cl)c(Cl)c1)C(=O)COc1ccccc1F. The lowest BCUT2D eigenvalue weighted by Crippen LogP contribution is -2.53. The second-order valence-corrected chi connectivity index (χ2v) is 10.4. The zero-order valence-corrected chi connectivity index (χ0v) is 22.6. The molecule has 2 amide bonds. The summed E-state index contributed by atoms with van der Waals surface area (Å²) in [6.45, 7) is -0.323. The van der Waals surface area contributed by atoms with Crippen molar-refractivity contribution < 1.29 is 18.7 Å². The van der Waals surface area contributed by atoms with Gasteiger partial charge in [0.1, 0.15) is 6.04 Å². The fourth-order valence-corrected chi connectivity index (χ4v) is 5.04. The van der Waals surface area contributed by atoms with E-state index in [1.165, 1.54) is 17.0 Å². The van der Waals surface area contributed by atoms with E-state index in [4.69, 9.17) is 27.9 Å². The van der Waals surface area contributed by atoms with Crippen molar-refractivity contribution in [1.82, 2.24) is 10.2 Å². The van der Waals surface area contributed by atoms with Crippen LogP contribution in [0.4, 0.5) is 4.39 Å². The van der Waals surface area contributed by atoms with E-state index in [-0.39, 0.29) is 24.2 Å². The van der Waals surface area contributed by atoms with E-state index >= 15 is 0 Å². The average molecular weight is 557 g/mol. The highest BCUT2D eigenvalue weighted by Gasteiger charge is 2.32. The molecular formula is C30H31Cl2FN2O3. The van der Waals surface area contributed by atoms with Crippen LogP contribution in [0.15, 0.2) is 72.8 Å². The van der Waals surface area contributed by atoms with Crippen LogP contribution in [-0.4, -0.2) is 35.4 Å². The molecule has 0 bridgehead atoms. The molecule has 3 aromatic rings. The number of nitrogens with zero attached hydrogens (tertiary/aromatic N) is 1. The molecule has 1 aliphatic carbocycles. The molecule has 1 saturated carbocycles. The number of nitrogens with one attached hydrogen (secondary N) is 1. The van der Waals surface area contributed by atoms with Crippen LogP contribution >= 0.6 is 23.2 Å². The van der Waals surface area contributed by atoms with Gasteiger partial charge in [-0.3, -0.25) is 9.59 Å². The summed E-state index contributed by atoms with van der Waals surface area (Å²) in [7, 11) is 0. The molecule has 1 atom stereocenters. The summed E-state index contributed by atoms with van der Waals surface area (Å²) in [6.07, 6.45) is 5.44. The quantitative estimate of drug-likeness (QED) is 0.306. The van der Waals surface area contributed by atoms with Gasteiger partial charge in [-0.1, -0.05) is 91.0 Å². The Morgan fingerprint density at radius 3 is 2.34 bits per heavy atom. The second kappa shape index (κ2) is 13.6. The summed E-state index contributed by atoms with van der Waals surface area (Å²) >= 11 is 12.4. The number of benzene rings is 3. The monoisotopic (exact) mass is 556 g/mol. The van der Waals surface area contributed by atoms with Crippen LogP contribution in [-0.2, 0) is 22.6 Å². The fourth-order valence-electron chi connectivity index (χ4n) is 4.72. The van der Waals surface area contributed by atoms with Crippen molar-refractivity contribution in [2.75, 3.05) is 6.61 Å². The van der Waals surface area contributed by atoms with E-state index in [1.54, 1.807) is 30.3 Å². The maximum Gasteiger partial charge on any atom is 0.261 e. The van der Waals surface area contributed by atoms with E-state index in [0.29, 0.717) is 22.0 Å². The van der Waals surface area contributed by atoms with Crippen molar-refractivity contribution in [2.45, 2.75) is 57.2 Å². The van der Waals surface area contributed by atoms with Crippen LogP contribution in [0, 0.1) is 5.82 Å². The van der Waals surface area contributed by atoms with Gasteiger partial charge >= 0.3 is 0 Å². The number of hydrogen-bond acceptors (Lipinski definition) is 3. The van der Waals surface area contributed by atoms with Crippen LogP contribution in [0.5, 0.6) is 5.75 Å². The van der Waals surface area contributed by atoms with Gasteiger partial charge in [0, 0.05) is 19.0 Å². The summed E-state index contributed by atoms with van der Waals surface area (Å²) in [5.41, 5.74) is 1.63. The Kier molecular flexibility index (Phi) is 10.0. The van der Waals surface area contributed by atoms with Crippen molar-refractivity contribution in [3.63, 3.8) is 0 Å². The van der Waals surface area contributed by atoms with Crippen molar-refractivity contribution >= 4 is 35.0 Å². The average Bonchev–Trinajstić information content (AvgIpc) is 2.93. The number of carbonyl (C=O) groups excluding carboxylic acids is 2. The van der Waals surface area contributed by atoms with Crippen LogP contribution in [0.25, 0.3) is 0 Å². The minimum absolute atomic E-state index is 0.0263. The first-order chi connectivity index (χ1) is 18.4. The van der Waals surface area contributed by atoms with E-state index in [1.807, 2.05) is 30.3 Å². The van der Waals surface area contributed by atoms with Gasteiger partial charge in [-0.25, -0.2) is 4.39 Å². The first-order valence-corrected chi connectivity index (χ1v) is 13.6. The molecule has 0 spiro atoms. The Labute approximate surface area is 232 Å². The van der Waals surface area contributed by atoms with Gasteiger partial charge in [0.05, 0.1) is 10.0 Å². The molecule has 0 radical (unpaired) electrons. The molecule has 1 fully saturated rings.